The third kappa shape index (κ3) is 6.05. The van der Waals surface area contributed by atoms with E-state index in [0.29, 0.717) is 32.7 Å². The molecule has 1 atom stereocenters. The third-order valence-corrected chi connectivity index (χ3v) is 4.74. The van der Waals surface area contributed by atoms with Crippen molar-refractivity contribution in [2.75, 3.05) is 39.4 Å². The summed E-state index contributed by atoms with van der Waals surface area (Å²) in [5, 5.41) is 5.85. The number of benzene rings is 2. The van der Waals surface area contributed by atoms with Gasteiger partial charge < -0.3 is 15.4 Å². The molecule has 2 aromatic rings. The molecular weight excluding hydrogens is 345 g/mol. The van der Waals surface area contributed by atoms with Crippen molar-refractivity contribution in [3.63, 3.8) is 0 Å². The van der Waals surface area contributed by atoms with Crippen LogP contribution in [0.5, 0.6) is 0 Å². The van der Waals surface area contributed by atoms with E-state index in [1.807, 2.05) is 18.2 Å². The zero-order valence-corrected chi connectivity index (χ0v) is 15.4. The lowest BCUT2D eigenvalue weighted by Gasteiger charge is -2.34. The number of nitrogens with zero attached hydrogens (tertiary/aromatic N) is 1. The molecule has 0 spiro atoms. The van der Waals surface area contributed by atoms with Crippen LogP contribution in [0, 0.1) is 5.82 Å². The van der Waals surface area contributed by atoms with E-state index >= 15 is 0 Å². The van der Waals surface area contributed by atoms with Gasteiger partial charge in [-0.1, -0.05) is 42.5 Å². The summed E-state index contributed by atoms with van der Waals surface area (Å²) in [6.07, 6.45) is 0.666. The Morgan fingerprint density at radius 2 is 1.74 bits per heavy atom. The summed E-state index contributed by atoms with van der Waals surface area (Å²) in [7, 11) is 0. The molecule has 1 heterocycles. The standard InChI is InChI=1S/C21H26FN3O2/c22-19-8-6-17(7-9-19)10-11-23-21(26)24-16-20(18-4-2-1-3-5-18)25-12-14-27-15-13-25/h1-9,20H,10-16H2,(H2,23,24,26)/t20-/m0/s1. The molecule has 5 nitrogen and oxygen atoms in total. The van der Waals surface area contributed by atoms with Crippen molar-refractivity contribution in [3.05, 3.63) is 71.5 Å². The van der Waals surface area contributed by atoms with Crippen LogP contribution < -0.4 is 10.6 Å². The molecule has 1 fully saturated rings. The van der Waals surface area contributed by atoms with Crippen LogP contribution in [0.2, 0.25) is 0 Å². The Labute approximate surface area is 159 Å². The van der Waals surface area contributed by atoms with Crippen LogP contribution in [0.1, 0.15) is 17.2 Å². The Morgan fingerprint density at radius 3 is 2.44 bits per heavy atom. The first kappa shape index (κ1) is 19.3. The van der Waals surface area contributed by atoms with E-state index in [9.17, 15) is 9.18 Å². The number of hydrogen-bond acceptors (Lipinski definition) is 3. The molecule has 144 valence electrons. The van der Waals surface area contributed by atoms with Crippen molar-refractivity contribution in [3.8, 4) is 0 Å². The van der Waals surface area contributed by atoms with E-state index in [0.717, 1.165) is 18.7 Å². The minimum atomic E-state index is -0.250. The Bertz CT molecular complexity index is 703. The number of nitrogens with one attached hydrogen (secondary N) is 2. The van der Waals surface area contributed by atoms with Crippen LogP contribution in [0.3, 0.4) is 0 Å². The predicted octanol–water partition coefficient (Wildman–Crippen LogP) is 2.74. The summed E-state index contributed by atoms with van der Waals surface area (Å²) >= 11 is 0. The monoisotopic (exact) mass is 371 g/mol. The number of halogens is 1. The van der Waals surface area contributed by atoms with Gasteiger partial charge in [0.1, 0.15) is 5.82 Å². The Kier molecular flexibility index (Phi) is 7.19. The van der Waals surface area contributed by atoms with Gasteiger partial charge in [0.2, 0.25) is 0 Å². The van der Waals surface area contributed by atoms with Gasteiger partial charge in [-0.05, 0) is 29.7 Å². The molecule has 2 aromatic carbocycles. The molecule has 0 radical (unpaired) electrons. The lowest BCUT2D eigenvalue weighted by molar-refractivity contribution is 0.0167. The average Bonchev–Trinajstić information content (AvgIpc) is 2.71. The highest BCUT2D eigenvalue weighted by Crippen LogP contribution is 2.20. The van der Waals surface area contributed by atoms with Crippen LogP contribution in [-0.4, -0.2) is 50.3 Å². The molecule has 1 aliphatic rings. The number of urea groups is 1. The molecule has 3 rings (SSSR count). The van der Waals surface area contributed by atoms with Crippen molar-refractivity contribution in [2.45, 2.75) is 12.5 Å². The van der Waals surface area contributed by atoms with E-state index in [1.54, 1.807) is 12.1 Å². The first-order valence-electron chi connectivity index (χ1n) is 9.35. The third-order valence-electron chi connectivity index (χ3n) is 4.74. The van der Waals surface area contributed by atoms with Crippen molar-refractivity contribution >= 4 is 6.03 Å². The van der Waals surface area contributed by atoms with Crippen molar-refractivity contribution in [1.29, 1.82) is 0 Å². The average molecular weight is 371 g/mol. The van der Waals surface area contributed by atoms with Crippen molar-refractivity contribution in [1.82, 2.24) is 15.5 Å². The van der Waals surface area contributed by atoms with Gasteiger partial charge in [0.25, 0.3) is 0 Å². The highest BCUT2D eigenvalue weighted by Gasteiger charge is 2.22. The lowest BCUT2D eigenvalue weighted by Crippen LogP contribution is -2.46. The van der Waals surface area contributed by atoms with Crippen LogP contribution in [0.25, 0.3) is 0 Å². The second-order valence-electron chi connectivity index (χ2n) is 6.59. The lowest BCUT2D eigenvalue weighted by atomic mass is 10.0. The van der Waals surface area contributed by atoms with Crippen molar-refractivity contribution < 1.29 is 13.9 Å². The van der Waals surface area contributed by atoms with Crippen LogP contribution in [0.15, 0.2) is 54.6 Å². The van der Waals surface area contributed by atoms with Gasteiger partial charge in [-0.2, -0.15) is 0 Å². The van der Waals surface area contributed by atoms with E-state index in [2.05, 4.69) is 27.7 Å². The second kappa shape index (κ2) is 10.0. The summed E-state index contributed by atoms with van der Waals surface area (Å²) in [6, 6.07) is 16.5. The smallest absolute Gasteiger partial charge is 0.314 e. The molecule has 0 bridgehead atoms. The molecule has 2 N–H and O–H groups in total. The number of ether oxygens (including phenoxy) is 1. The van der Waals surface area contributed by atoms with E-state index in [-0.39, 0.29) is 17.9 Å². The highest BCUT2D eigenvalue weighted by molar-refractivity contribution is 5.73. The largest absolute Gasteiger partial charge is 0.379 e. The fourth-order valence-corrected chi connectivity index (χ4v) is 3.25. The Hall–Kier alpha value is -2.44. The molecule has 2 amide bonds. The van der Waals surface area contributed by atoms with Gasteiger partial charge in [-0.3, -0.25) is 4.90 Å². The summed E-state index contributed by atoms with van der Waals surface area (Å²) in [6.45, 7) is 4.18. The van der Waals surface area contributed by atoms with Crippen molar-refractivity contribution in [2.24, 2.45) is 0 Å². The molecule has 0 unspecified atom stereocenters. The maximum atomic E-state index is 12.9. The summed E-state index contributed by atoms with van der Waals surface area (Å²) in [5.41, 5.74) is 2.18. The van der Waals surface area contributed by atoms with E-state index in [4.69, 9.17) is 4.74 Å². The van der Waals surface area contributed by atoms with E-state index in [1.165, 1.54) is 17.7 Å². The number of rotatable bonds is 7. The van der Waals surface area contributed by atoms with Gasteiger partial charge >= 0.3 is 6.03 Å². The maximum absolute atomic E-state index is 12.9. The molecule has 1 aliphatic heterocycles. The first-order chi connectivity index (χ1) is 13.2. The number of hydrogen-bond donors (Lipinski definition) is 2. The number of carbonyl (C=O) groups is 1. The SMILES string of the molecule is O=C(NCCc1ccc(F)cc1)NC[C@@H](c1ccccc1)N1CCOCC1. The van der Waals surface area contributed by atoms with Gasteiger partial charge in [0, 0.05) is 26.2 Å². The molecule has 27 heavy (non-hydrogen) atoms. The molecule has 0 aliphatic carbocycles. The number of morpholine rings is 1. The summed E-state index contributed by atoms with van der Waals surface area (Å²) in [5.74, 6) is -0.250. The fraction of sp³-hybridized carbons (Fsp3) is 0.381. The summed E-state index contributed by atoms with van der Waals surface area (Å²) < 4.78 is 18.4. The van der Waals surface area contributed by atoms with Crippen LogP contribution in [0.4, 0.5) is 9.18 Å². The first-order valence-corrected chi connectivity index (χ1v) is 9.35. The fourth-order valence-electron chi connectivity index (χ4n) is 3.25. The Balaban J connectivity index is 1.48. The molecule has 0 saturated carbocycles. The Morgan fingerprint density at radius 1 is 1.04 bits per heavy atom. The topological polar surface area (TPSA) is 53.6 Å². The predicted molar refractivity (Wildman–Crippen MR) is 103 cm³/mol. The van der Waals surface area contributed by atoms with Gasteiger partial charge in [-0.25, -0.2) is 9.18 Å². The minimum Gasteiger partial charge on any atom is -0.379 e. The van der Waals surface area contributed by atoms with Gasteiger partial charge in [0.05, 0.1) is 19.3 Å². The zero-order chi connectivity index (χ0) is 18.9. The molecule has 0 aromatic heterocycles. The summed E-state index contributed by atoms with van der Waals surface area (Å²) in [4.78, 5) is 14.5. The second-order valence-corrected chi connectivity index (χ2v) is 6.59. The van der Waals surface area contributed by atoms with Gasteiger partial charge in [-0.15, -0.1) is 0 Å². The normalized spacial score (nSPS) is 15.9. The van der Waals surface area contributed by atoms with E-state index < -0.39 is 0 Å². The highest BCUT2D eigenvalue weighted by atomic mass is 19.1. The molecular formula is C21H26FN3O2. The minimum absolute atomic E-state index is 0.123. The zero-order valence-electron chi connectivity index (χ0n) is 15.4. The van der Waals surface area contributed by atoms with Crippen LogP contribution >= 0.6 is 0 Å². The van der Waals surface area contributed by atoms with Crippen LogP contribution in [-0.2, 0) is 11.2 Å². The number of amides is 2. The molecule has 6 heteroatoms. The number of carbonyl (C=O) groups excluding carboxylic acids is 1. The van der Waals surface area contributed by atoms with Gasteiger partial charge in [0.15, 0.2) is 0 Å². The molecule has 1 saturated heterocycles. The quantitative estimate of drug-likeness (QED) is 0.787. The maximum Gasteiger partial charge on any atom is 0.314 e.